The smallest absolute Gasteiger partial charge is 1.00 e. The molecule has 5 heteroatoms. The molecule has 0 aliphatic heterocycles. The van der Waals surface area contributed by atoms with Crippen molar-refractivity contribution in [2.75, 3.05) is 0 Å². The topological polar surface area (TPSA) is 0 Å². The van der Waals surface area contributed by atoms with E-state index in [-0.39, 0.29) is 45.2 Å². The van der Waals surface area contributed by atoms with E-state index in [9.17, 15) is 0 Å². The molecule has 8 aromatic carbocycles. The second-order valence-electron chi connectivity index (χ2n) is 9.72. The molecule has 0 aromatic heterocycles. The summed E-state index contributed by atoms with van der Waals surface area (Å²) in [6.07, 6.45) is 0. The zero-order chi connectivity index (χ0) is 25.6. The number of hydrogen-bond acceptors (Lipinski definition) is 0. The molecular weight excluding hydrogens is 672 g/mol. The summed E-state index contributed by atoms with van der Waals surface area (Å²) in [6.45, 7) is 0. The molecule has 8 aromatic rings. The van der Waals surface area contributed by atoms with Crippen molar-refractivity contribution in [2.24, 2.45) is 0 Å². The minimum Gasteiger partial charge on any atom is -1.00 e. The van der Waals surface area contributed by atoms with Crippen LogP contribution in [0.4, 0.5) is 0 Å². The third-order valence-corrected chi connectivity index (χ3v) is 8.56. The van der Waals surface area contributed by atoms with Crippen LogP contribution in [0.2, 0.25) is 0 Å². The minimum absolute atomic E-state index is 0. The van der Waals surface area contributed by atoms with Crippen LogP contribution in [-0.2, 0) is 20.4 Å². The van der Waals surface area contributed by atoms with Crippen LogP contribution in [0.3, 0.4) is 0 Å². The van der Waals surface area contributed by atoms with Crippen molar-refractivity contribution in [3.05, 3.63) is 133 Å². The molecule has 0 saturated carbocycles. The van der Waals surface area contributed by atoms with Gasteiger partial charge in [-0.25, -0.2) is 0 Å². The van der Waals surface area contributed by atoms with Gasteiger partial charge in [-0.05, 0) is 75.2 Å². The Balaban J connectivity index is 0.000000176. The van der Waals surface area contributed by atoms with E-state index in [1.165, 1.54) is 75.2 Å². The molecule has 2 atom stereocenters. The van der Waals surface area contributed by atoms with Crippen LogP contribution in [0.1, 0.15) is 0 Å². The molecule has 8 rings (SSSR count). The number of hydrogen-bond donors (Lipinski definition) is 0. The summed E-state index contributed by atoms with van der Waals surface area (Å²) in [5.74, 6) is 0. The summed E-state index contributed by atoms with van der Waals surface area (Å²) in [6, 6.07) is 47.7. The second-order valence-corrected chi connectivity index (χ2v) is 11.0. The molecule has 0 heterocycles. The number of halogens is 2. The normalized spacial score (nSPS) is 10.6. The van der Waals surface area contributed by atoms with Gasteiger partial charge in [-0.1, -0.05) is 133 Å². The molecule has 0 radical (unpaired) electrons. The van der Waals surface area contributed by atoms with Gasteiger partial charge >= 0.3 is 20.4 Å². The first kappa shape index (κ1) is 31.4. The largest absolute Gasteiger partial charge is 2.00 e. The third-order valence-electron chi connectivity index (χ3n) is 7.60. The summed E-state index contributed by atoms with van der Waals surface area (Å²) in [5.41, 5.74) is 0. The molecule has 0 bridgehead atoms. The Bertz CT molecular complexity index is 1930. The average molecular weight is 698 g/mol. The van der Waals surface area contributed by atoms with E-state index in [0.29, 0.717) is 0 Å². The maximum Gasteiger partial charge on any atom is 2.00 e. The molecule has 41 heavy (non-hydrogen) atoms. The van der Waals surface area contributed by atoms with Crippen molar-refractivity contribution in [3.8, 4) is 0 Å². The third kappa shape index (κ3) is 5.38. The van der Waals surface area contributed by atoms with E-state index in [0.717, 1.165) is 0 Å². The van der Waals surface area contributed by atoms with E-state index in [1.54, 1.807) is 0 Å². The molecule has 0 N–H and O–H groups in total. The Hall–Kier alpha value is -2.58. The first-order valence-corrected chi connectivity index (χ1v) is 14.0. The molecule has 0 saturated heterocycles. The molecule has 0 fully saturated rings. The van der Waals surface area contributed by atoms with Crippen LogP contribution in [-0.4, -0.2) is 0 Å². The van der Waals surface area contributed by atoms with Crippen LogP contribution in [0.5, 0.6) is 0 Å². The van der Waals surface area contributed by atoms with Crippen molar-refractivity contribution in [1.29, 1.82) is 0 Å². The fraction of sp³-hybridized carbons (Fsp3) is 0. The molecule has 0 aliphatic rings. The molecule has 204 valence electrons. The Morgan fingerprint density at radius 2 is 0.463 bits per heavy atom. The Labute approximate surface area is 270 Å². The minimum atomic E-state index is 0. The van der Waals surface area contributed by atoms with Gasteiger partial charge in [0.05, 0.1) is 0 Å². The average Bonchev–Trinajstić information content (AvgIpc) is 2.98. The second kappa shape index (κ2) is 13.2. The predicted molar refractivity (Wildman–Crippen MR) is 177 cm³/mol. The van der Waals surface area contributed by atoms with Gasteiger partial charge in [0.15, 0.2) is 0 Å². The molecule has 2 unspecified atom stereocenters. The van der Waals surface area contributed by atoms with E-state index < -0.39 is 0 Å². The van der Waals surface area contributed by atoms with Crippen molar-refractivity contribution in [3.63, 3.8) is 0 Å². The van der Waals surface area contributed by atoms with E-state index in [1.807, 2.05) is 0 Å². The SMILES string of the molecule is Pc1cccc2c3ccccc3c3ccccc3c12.Pc1cccc2c3ccccc3c3ccccc3c12.[Cl-].[Cl-].[Pd+2]. The zero-order valence-corrected chi connectivity index (χ0v) is 27.3. The zero-order valence-electron chi connectivity index (χ0n) is 21.9. The van der Waals surface area contributed by atoms with Gasteiger partial charge in [0, 0.05) is 0 Å². The summed E-state index contributed by atoms with van der Waals surface area (Å²) >= 11 is 0. The van der Waals surface area contributed by atoms with Gasteiger partial charge in [-0.2, -0.15) is 0 Å². The van der Waals surface area contributed by atoms with Crippen LogP contribution < -0.4 is 35.4 Å². The van der Waals surface area contributed by atoms with E-state index in [2.05, 4.69) is 152 Å². The van der Waals surface area contributed by atoms with Gasteiger partial charge < -0.3 is 24.8 Å². The number of benzene rings is 8. The van der Waals surface area contributed by atoms with Crippen LogP contribution in [0, 0.1) is 0 Å². The van der Waals surface area contributed by atoms with Gasteiger partial charge in [-0.15, -0.1) is 18.5 Å². The summed E-state index contributed by atoms with van der Waals surface area (Å²) < 4.78 is 0. The van der Waals surface area contributed by atoms with Crippen molar-refractivity contribution in [2.45, 2.75) is 0 Å². The van der Waals surface area contributed by atoms with Gasteiger partial charge in [0.2, 0.25) is 0 Å². The molecule has 0 nitrogen and oxygen atoms in total. The molecule has 0 spiro atoms. The van der Waals surface area contributed by atoms with Crippen LogP contribution in [0.15, 0.2) is 133 Å². The molecular formula is C36H26Cl2P2Pd. The maximum absolute atomic E-state index is 2.87. The van der Waals surface area contributed by atoms with Gasteiger partial charge in [0.25, 0.3) is 0 Å². The van der Waals surface area contributed by atoms with Gasteiger partial charge in [-0.3, -0.25) is 0 Å². The number of fused-ring (bicyclic) bond motifs is 12. The predicted octanol–water partition coefficient (Wildman–Crippen LogP) is 3.30. The Morgan fingerprint density at radius 1 is 0.268 bits per heavy atom. The van der Waals surface area contributed by atoms with Gasteiger partial charge in [0.1, 0.15) is 0 Å². The van der Waals surface area contributed by atoms with E-state index >= 15 is 0 Å². The summed E-state index contributed by atoms with van der Waals surface area (Å²) in [4.78, 5) is 0. The quantitative estimate of drug-likeness (QED) is 0.130. The summed E-state index contributed by atoms with van der Waals surface area (Å²) in [5, 5.41) is 18.6. The van der Waals surface area contributed by atoms with Crippen molar-refractivity contribution < 1.29 is 45.2 Å². The van der Waals surface area contributed by atoms with E-state index in [4.69, 9.17) is 0 Å². The monoisotopic (exact) mass is 696 g/mol. The fourth-order valence-electron chi connectivity index (χ4n) is 5.97. The number of rotatable bonds is 0. The maximum atomic E-state index is 2.87. The first-order chi connectivity index (χ1) is 18.7. The molecule has 0 amide bonds. The van der Waals surface area contributed by atoms with Crippen molar-refractivity contribution >= 4 is 93.7 Å². The first-order valence-electron chi connectivity index (χ1n) is 12.9. The molecule has 0 aliphatic carbocycles. The van der Waals surface area contributed by atoms with Crippen LogP contribution in [0.25, 0.3) is 64.6 Å². The Kier molecular flexibility index (Phi) is 10.1. The summed E-state index contributed by atoms with van der Waals surface area (Å²) in [7, 11) is 5.73. The Morgan fingerprint density at radius 3 is 0.732 bits per heavy atom. The standard InChI is InChI=1S/2C18H13P.2ClH.Pd/c2*19-17-11-5-10-16-14-7-2-1-6-12(14)13-8-3-4-9-15(13)18(16)17;;;/h2*1-11H,19H2;2*1H;/q;;;;+2/p-2. The van der Waals surface area contributed by atoms with Crippen LogP contribution >= 0.6 is 18.5 Å². The van der Waals surface area contributed by atoms with Crippen molar-refractivity contribution in [1.82, 2.24) is 0 Å². The fourth-order valence-corrected chi connectivity index (χ4v) is 6.81.